The van der Waals surface area contributed by atoms with Crippen LogP contribution in [0.3, 0.4) is 0 Å². The Morgan fingerprint density at radius 3 is 2.74 bits per heavy atom. The molecule has 1 unspecified atom stereocenters. The van der Waals surface area contributed by atoms with Crippen molar-refractivity contribution in [1.29, 1.82) is 0 Å². The van der Waals surface area contributed by atoms with E-state index in [-0.39, 0.29) is 24.2 Å². The molecule has 2 aliphatic rings. The molecule has 1 amide bonds. The lowest BCUT2D eigenvalue weighted by Gasteiger charge is -2.30. The number of aromatic nitrogens is 4. The van der Waals surface area contributed by atoms with Crippen LogP contribution in [0.5, 0.6) is 0 Å². The van der Waals surface area contributed by atoms with Crippen LogP contribution in [-0.4, -0.2) is 38.7 Å². The van der Waals surface area contributed by atoms with Gasteiger partial charge >= 0.3 is 6.18 Å². The van der Waals surface area contributed by atoms with Gasteiger partial charge in [0.15, 0.2) is 11.5 Å². The van der Waals surface area contributed by atoms with E-state index in [9.17, 15) is 18.0 Å². The van der Waals surface area contributed by atoms with E-state index in [0.29, 0.717) is 30.0 Å². The number of aryl methyl sites for hydroxylation is 2. The van der Waals surface area contributed by atoms with Crippen LogP contribution in [0.2, 0.25) is 0 Å². The average molecular weight is 468 g/mol. The van der Waals surface area contributed by atoms with E-state index in [4.69, 9.17) is 0 Å². The first-order chi connectivity index (χ1) is 16.3. The smallest absolute Gasteiger partial charge is 0.350 e. The van der Waals surface area contributed by atoms with Gasteiger partial charge in [0.25, 0.3) is 5.91 Å². The Labute approximate surface area is 194 Å². The SMILES string of the molecule is Cc1cc(C(=O)NC2CCc3ncccc3C2)nnc1N1CCc2ncc(C(F)(F)F)cc2C1. The molecule has 0 spiro atoms. The zero-order valence-electron chi connectivity index (χ0n) is 18.6. The summed E-state index contributed by atoms with van der Waals surface area (Å²) >= 11 is 0. The number of fused-ring (bicyclic) bond motifs is 2. The number of hydrogen-bond acceptors (Lipinski definition) is 6. The van der Waals surface area contributed by atoms with Gasteiger partial charge in [-0.15, -0.1) is 10.2 Å². The summed E-state index contributed by atoms with van der Waals surface area (Å²) in [7, 11) is 0. The maximum absolute atomic E-state index is 13.1. The molecule has 3 aromatic rings. The first kappa shape index (κ1) is 22.2. The van der Waals surface area contributed by atoms with Gasteiger partial charge in [-0.25, -0.2) is 0 Å². The molecule has 0 bridgehead atoms. The zero-order chi connectivity index (χ0) is 23.9. The predicted octanol–water partition coefficient (Wildman–Crippen LogP) is 3.44. The van der Waals surface area contributed by atoms with Crippen LogP contribution in [0.25, 0.3) is 0 Å². The highest BCUT2D eigenvalue weighted by atomic mass is 19.4. The second kappa shape index (κ2) is 8.66. The van der Waals surface area contributed by atoms with E-state index in [1.165, 1.54) is 0 Å². The van der Waals surface area contributed by atoms with Crippen LogP contribution in [0.15, 0.2) is 36.7 Å². The van der Waals surface area contributed by atoms with E-state index >= 15 is 0 Å². The third-order valence-electron chi connectivity index (χ3n) is 6.37. The highest BCUT2D eigenvalue weighted by Crippen LogP contribution is 2.32. The largest absolute Gasteiger partial charge is 0.417 e. The number of pyridine rings is 2. The van der Waals surface area contributed by atoms with E-state index in [1.807, 2.05) is 24.0 Å². The van der Waals surface area contributed by atoms with Gasteiger partial charge in [-0.3, -0.25) is 14.8 Å². The lowest BCUT2D eigenvalue weighted by molar-refractivity contribution is -0.137. The molecular weight excluding hydrogens is 445 g/mol. The maximum Gasteiger partial charge on any atom is 0.417 e. The predicted molar refractivity (Wildman–Crippen MR) is 118 cm³/mol. The molecule has 3 aromatic heterocycles. The molecule has 0 aromatic carbocycles. The number of nitrogens with zero attached hydrogens (tertiary/aromatic N) is 5. The summed E-state index contributed by atoms with van der Waals surface area (Å²) in [5, 5.41) is 11.4. The van der Waals surface area contributed by atoms with Gasteiger partial charge in [-0.1, -0.05) is 6.07 Å². The van der Waals surface area contributed by atoms with E-state index in [1.54, 1.807) is 12.3 Å². The number of carbonyl (C=O) groups is 1. The molecule has 7 nitrogen and oxygen atoms in total. The normalized spacial score (nSPS) is 17.6. The second-order valence-corrected chi connectivity index (χ2v) is 8.76. The summed E-state index contributed by atoms with van der Waals surface area (Å²) < 4.78 is 39.3. The van der Waals surface area contributed by atoms with Crippen molar-refractivity contribution in [3.8, 4) is 0 Å². The van der Waals surface area contributed by atoms with Gasteiger partial charge in [0.1, 0.15) is 0 Å². The molecule has 0 fully saturated rings. The van der Waals surface area contributed by atoms with Crippen molar-refractivity contribution < 1.29 is 18.0 Å². The molecule has 176 valence electrons. The van der Waals surface area contributed by atoms with Crippen LogP contribution < -0.4 is 10.2 Å². The Kier molecular flexibility index (Phi) is 5.66. The van der Waals surface area contributed by atoms with Crippen LogP contribution in [0, 0.1) is 6.92 Å². The van der Waals surface area contributed by atoms with Crippen molar-refractivity contribution in [3.63, 3.8) is 0 Å². The van der Waals surface area contributed by atoms with Crippen molar-refractivity contribution in [2.45, 2.75) is 51.4 Å². The number of alkyl halides is 3. The number of nitrogens with one attached hydrogen (secondary N) is 1. The van der Waals surface area contributed by atoms with Crippen LogP contribution in [0.4, 0.5) is 19.0 Å². The monoisotopic (exact) mass is 468 g/mol. The van der Waals surface area contributed by atoms with E-state index < -0.39 is 11.7 Å². The molecule has 1 atom stereocenters. The summed E-state index contributed by atoms with van der Waals surface area (Å²) in [5.41, 5.74) is 3.60. The quantitative estimate of drug-likeness (QED) is 0.634. The van der Waals surface area contributed by atoms with Gasteiger partial charge in [0, 0.05) is 49.3 Å². The number of hydrogen-bond donors (Lipinski definition) is 1. The molecule has 34 heavy (non-hydrogen) atoms. The van der Waals surface area contributed by atoms with E-state index in [0.717, 1.165) is 48.3 Å². The minimum absolute atomic E-state index is 0.0000859. The number of halogens is 3. The molecule has 0 radical (unpaired) electrons. The lowest BCUT2D eigenvalue weighted by atomic mass is 9.92. The molecule has 1 N–H and O–H groups in total. The van der Waals surface area contributed by atoms with Gasteiger partial charge in [0.2, 0.25) is 0 Å². The van der Waals surface area contributed by atoms with Crippen LogP contribution in [0.1, 0.15) is 50.6 Å². The molecule has 4 heterocycles. The van der Waals surface area contributed by atoms with Crippen molar-refractivity contribution in [2.75, 3.05) is 11.4 Å². The molecule has 5 rings (SSSR count). The Morgan fingerprint density at radius 2 is 1.94 bits per heavy atom. The topological polar surface area (TPSA) is 83.9 Å². The minimum Gasteiger partial charge on any atom is -0.350 e. The van der Waals surface area contributed by atoms with E-state index in [2.05, 4.69) is 25.5 Å². The average Bonchev–Trinajstić information content (AvgIpc) is 2.82. The number of carbonyl (C=O) groups excluding carboxylic acids is 1. The number of rotatable bonds is 3. The van der Waals surface area contributed by atoms with Gasteiger partial charge in [-0.05, 0) is 61.1 Å². The van der Waals surface area contributed by atoms with Crippen molar-refractivity contribution in [1.82, 2.24) is 25.5 Å². The summed E-state index contributed by atoms with van der Waals surface area (Å²) in [5.74, 6) is 0.264. The zero-order valence-corrected chi connectivity index (χ0v) is 18.6. The summed E-state index contributed by atoms with van der Waals surface area (Å²) in [6.07, 6.45) is 1.08. The Bertz CT molecular complexity index is 1250. The van der Waals surface area contributed by atoms with Crippen LogP contribution >= 0.6 is 0 Å². The molecule has 10 heteroatoms. The third-order valence-corrected chi connectivity index (χ3v) is 6.37. The van der Waals surface area contributed by atoms with Crippen molar-refractivity contribution in [2.24, 2.45) is 0 Å². The van der Waals surface area contributed by atoms with Gasteiger partial charge < -0.3 is 10.2 Å². The Balaban J connectivity index is 1.28. The second-order valence-electron chi connectivity index (χ2n) is 8.76. The fourth-order valence-electron chi connectivity index (χ4n) is 4.61. The summed E-state index contributed by atoms with van der Waals surface area (Å²) in [6, 6.07) is 6.76. The third kappa shape index (κ3) is 4.44. The Morgan fingerprint density at radius 1 is 1.12 bits per heavy atom. The minimum atomic E-state index is -4.44. The van der Waals surface area contributed by atoms with Crippen molar-refractivity contribution >= 4 is 11.7 Å². The molecule has 1 aliphatic heterocycles. The fourth-order valence-corrected chi connectivity index (χ4v) is 4.61. The molecular formula is C24H23F3N6O. The van der Waals surface area contributed by atoms with Crippen LogP contribution in [-0.2, 0) is 32.0 Å². The standard InChI is InChI=1S/C24H23F3N6O/c1-14-9-21(23(34)30-18-4-5-19-15(11-18)3-2-7-28-19)31-32-22(14)33-8-6-20-16(13-33)10-17(12-29-20)24(25,26)27/h2-3,7,9-10,12,18H,4-6,8,11,13H2,1H3,(H,30,34). The summed E-state index contributed by atoms with van der Waals surface area (Å²) in [6.45, 7) is 2.63. The number of amides is 1. The molecule has 1 aliphatic carbocycles. The lowest BCUT2D eigenvalue weighted by Crippen LogP contribution is -2.39. The fraction of sp³-hybridized carbons (Fsp3) is 0.375. The number of anilines is 1. The highest BCUT2D eigenvalue weighted by molar-refractivity contribution is 5.92. The first-order valence-electron chi connectivity index (χ1n) is 11.2. The summed E-state index contributed by atoms with van der Waals surface area (Å²) in [4.78, 5) is 23.1. The maximum atomic E-state index is 13.1. The van der Waals surface area contributed by atoms with Gasteiger partial charge in [-0.2, -0.15) is 13.2 Å². The first-order valence-corrected chi connectivity index (χ1v) is 11.2. The molecule has 0 saturated carbocycles. The van der Waals surface area contributed by atoms with Gasteiger partial charge in [0.05, 0.1) is 5.56 Å². The van der Waals surface area contributed by atoms with Crippen molar-refractivity contribution in [3.05, 3.63) is 76.0 Å². The highest BCUT2D eigenvalue weighted by Gasteiger charge is 2.33. The molecule has 0 saturated heterocycles. The Hall–Kier alpha value is -3.56.